The molecule has 1 amide bonds. The Hall–Kier alpha value is -0.620. The molecule has 2 aliphatic rings. The zero-order valence-corrected chi connectivity index (χ0v) is 12.1. The van der Waals surface area contributed by atoms with E-state index in [4.69, 9.17) is 4.74 Å². The fourth-order valence-corrected chi connectivity index (χ4v) is 4.10. The molecule has 1 N–H and O–H groups in total. The first-order valence-corrected chi connectivity index (χ1v) is 7.88. The average Bonchev–Trinajstić information content (AvgIpc) is 2.63. The lowest BCUT2D eigenvalue weighted by Crippen LogP contribution is -2.61. The molecule has 0 aromatic carbocycles. The van der Waals surface area contributed by atoms with Gasteiger partial charge in [-0.15, -0.1) is 0 Å². The minimum atomic E-state index is -0.819. The van der Waals surface area contributed by atoms with Crippen LogP contribution in [0, 0.1) is 0 Å². The van der Waals surface area contributed by atoms with Crippen LogP contribution in [0.15, 0.2) is 0 Å². The predicted molar refractivity (Wildman–Crippen MR) is 71.0 cm³/mol. The minimum Gasteiger partial charge on any atom is -0.444 e. The van der Waals surface area contributed by atoms with Crippen molar-refractivity contribution in [2.24, 2.45) is 0 Å². The number of nitrogens with one attached hydrogen (secondary N) is 1. The number of hydrogen-bond donors (Lipinski definition) is 1. The van der Waals surface area contributed by atoms with Crippen molar-refractivity contribution in [1.29, 1.82) is 0 Å². The van der Waals surface area contributed by atoms with Crippen molar-refractivity contribution in [3.8, 4) is 0 Å². The standard InChI is InChI=1S/C12H22N2O3S/c1-11(2,3)17-10(15)14-6-7-18(16)9-12(14)4-5-13-8-12/h13H,4-9H2,1-3H3. The van der Waals surface area contributed by atoms with Crippen molar-refractivity contribution in [2.45, 2.75) is 38.3 Å². The lowest BCUT2D eigenvalue weighted by Gasteiger charge is -2.43. The molecule has 0 radical (unpaired) electrons. The summed E-state index contributed by atoms with van der Waals surface area (Å²) in [5.74, 6) is 1.13. The zero-order valence-electron chi connectivity index (χ0n) is 11.3. The quantitative estimate of drug-likeness (QED) is 0.707. The van der Waals surface area contributed by atoms with Gasteiger partial charge in [-0.1, -0.05) is 0 Å². The van der Waals surface area contributed by atoms with Gasteiger partial charge in [0.15, 0.2) is 0 Å². The second-order valence-corrected chi connectivity index (χ2v) is 7.65. The Kier molecular flexibility index (Phi) is 3.69. The molecule has 2 unspecified atom stereocenters. The minimum absolute atomic E-state index is 0.275. The molecule has 0 aromatic heterocycles. The Balaban J connectivity index is 2.14. The van der Waals surface area contributed by atoms with E-state index in [2.05, 4.69) is 5.32 Å². The average molecular weight is 274 g/mol. The van der Waals surface area contributed by atoms with Gasteiger partial charge in [-0.3, -0.25) is 9.11 Å². The van der Waals surface area contributed by atoms with E-state index in [0.717, 1.165) is 19.5 Å². The maximum atomic E-state index is 12.3. The van der Waals surface area contributed by atoms with Crippen LogP contribution in [0.2, 0.25) is 0 Å². The van der Waals surface area contributed by atoms with Gasteiger partial charge in [-0.25, -0.2) is 4.79 Å². The van der Waals surface area contributed by atoms with Crippen LogP contribution >= 0.6 is 0 Å². The Labute approximate surface area is 111 Å². The van der Waals surface area contributed by atoms with E-state index in [9.17, 15) is 9.00 Å². The van der Waals surface area contributed by atoms with Gasteiger partial charge in [-0.2, -0.15) is 0 Å². The van der Waals surface area contributed by atoms with Crippen molar-refractivity contribution in [2.75, 3.05) is 31.1 Å². The summed E-state index contributed by atoms with van der Waals surface area (Å²) in [5.41, 5.74) is -0.785. The summed E-state index contributed by atoms with van der Waals surface area (Å²) in [4.78, 5) is 14.0. The number of rotatable bonds is 0. The third-order valence-electron chi connectivity index (χ3n) is 3.38. The number of nitrogens with zero attached hydrogens (tertiary/aromatic N) is 1. The maximum absolute atomic E-state index is 12.3. The van der Waals surface area contributed by atoms with Crippen molar-refractivity contribution in [1.82, 2.24) is 10.2 Å². The fraction of sp³-hybridized carbons (Fsp3) is 0.917. The monoisotopic (exact) mass is 274 g/mol. The van der Waals surface area contributed by atoms with Crippen LogP contribution in [-0.2, 0) is 15.5 Å². The highest BCUT2D eigenvalue weighted by molar-refractivity contribution is 7.85. The summed E-state index contributed by atoms with van der Waals surface area (Å²) in [5, 5.41) is 3.27. The molecule has 6 heteroatoms. The summed E-state index contributed by atoms with van der Waals surface area (Å²) in [6, 6.07) is 0. The molecule has 2 atom stereocenters. The van der Waals surface area contributed by atoms with E-state index < -0.39 is 16.4 Å². The SMILES string of the molecule is CC(C)(C)OC(=O)N1CCS(=O)CC12CCNC2. The Morgan fingerprint density at radius 3 is 2.72 bits per heavy atom. The fourth-order valence-electron chi connectivity index (χ4n) is 2.57. The molecule has 0 aliphatic carbocycles. The van der Waals surface area contributed by atoms with Gasteiger partial charge in [0.2, 0.25) is 0 Å². The predicted octanol–water partition coefficient (Wildman–Crippen LogP) is 0.718. The molecular formula is C12H22N2O3S. The molecular weight excluding hydrogens is 252 g/mol. The molecule has 2 saturated heterocycles. The van der Waals surface area contributed by atoms with Crippen molar-refractivity contribution in [3.05, 3.63) is 0 Å². The van der Waals surface area contributed by atoms with E-state index >= 15 is 0 Å². The van der Waals surface area contributed by atoms with Gasteiger partial charge in [-0.05, 0) is 33.7 Å². The second-order valence-electron chi connectivity index (χ2n) is 6.07. The number of carbonyl (C=O) groups is 1. The van der Waals surface area contributed by atoms with Crippen LogP contribution in [0.4, 0.5) is 4.79 Å². The lowest BCUT2D eigenvalue weighted by molar-refractivity contribution is 0.00458. The van der Waals surface area contributed by atoms with E-state index in [-0.39, 0.29) is 11.6 Å². The number of amides is 1. The summed E-state index contributed by atoms with van der Waals surface area (Å²) >= 11 is 0. The molecule has 104 valence electrons. The highest BCUT2D eigenvalue weighted by atomic mass is 32.2. The van der Waals surface area contributed by atoms with Crippen LogP contribution in [-0.4, -0.2) is 57.5 Å². The first kappa shape index (κ1) is 13.8. The summed E-state index contributed by atoms with van der Waals surface area (Å²) in [6.07, 6.45) is 0.584. The van der Waals surface area contributed by atoms with Gasteiger partial charge in [0.25, 0.3) is 0 Å². The van der Waals surface area contributed by atoms with Crippen molar-refractivity contribution < 1.29 is 13.7 Å². The van der Waals surface area contributed by atoms with Crippen LogP contribution in [0.3, 0.4) is 0 Å². The molecule has 2 fully saturated rings. The second kappa shape index (κ2) is 4.81. The maximum Gasteiger partial charge on any atom is 0.410 e. The lowest BCUT2D eigenvalue weighted by atomic mass is 9.99. The number of carbonyl (C=O) groups excluding carboxylic acids is 1. The van der Waals surface area contributed by atoms with Crippen LogP contribution in [0.1, 0.15) is 27.2 Å². The van der Waals surface area contributed by atoms with Crippen LogP contribution < -0.4 is 5.32 Å². The molecule has 18 heavy (non-hydrogen) atoms. The Bertz CT molecular complexity index is 359. The van der Waals surface area contributed by atoms with Gasteiger partial charge >= 0.3 is 6.09 Å². The molecule has 2 rings (SSSR count). The zero-order chi connectivity index (χ0) is 13.4. The first-order valence-electron chi connectivity index (χ1n) is 6.39. The third-order valence-corrected chi connectivity index (χ3v) is 4.88. The largest absolute Gasteiger partial charge is 0.444 e. The van der Waals surface area contributed by atoms with Gasteiger partial charge in [0.1, 0.15) is 5.60 Å². The summed E-state index contributed by atoms with van der Waals surface area (Å²) in [7, 11) is -0.819. The van der Waals surface area contributed by atoms with Gasteiger partial charge in [0.05, 0.1) is 5.54 Å². The normalized spacial score (nSPS) is 32.8. The number of hydrogen-bond acceptors (Lipinski definition) is 4. The van der Waals surface area contributed by atoms with E-state index in [1.165, 1.54) is 0 Å². The van der Waals surface area contributed by atoms with Crippen LogP contribution in [0.25, 0.3) is 0 Å². The molecule has 2 aliphatic heterocycles. The first-order chi connectivity index (χ1) is 8.32. The van der Waals surface area contributed by atoms with Gasteiger partial charge < -0.3 is 10.1 Å². The van der Waals surface area contributed by atoms with Crippen molar-refractivity contribution >= 4 is 16.9 Å². The van der Waals surface area contributed by atoms with Crippen LogP contribution in [0.5, 0.6) is 0 Å². The molecule has 0 saturated carbocycles. The third kappa shape index (κ3) is 2.85. The Morgan fingerprint density at radius 1 is 1.44 bits per heavy atom. The summed E-state index contributed by atoms with van der Waals surface area (Å²) in [6.45, 7) is 7.73. The number of ether oxygens (including phenoxy) is 1. The molecule has 0 aromatic rings. The highest BCUT2D eigenvalue weighted by Gasteiger charge is 2.47. The molecule has 1 spiro atoms. The highest BCUT2D eigenvalue weighted by Crippen LogP contribution is 2.29. The molecule has 5 nitrogen and oxygen atoms in total. The van der Waals surface area contributed by atoms with Crippen molar-refractivity contribution in [3.63, 3.8) is 0 Å². The smallest absolute Gasteiger partial charge is 0.410 e. The van der Waals surface area contributed by atoms with Gasteiger partial charge in [0, 0.05) is 35.4 Å². The summed E-state index contributed by atoms with van der Waals surface area (Å²) < 4.78 is 17.2. The van der Waals surface area contributed by atoms with E-state index in [0.29, 0.717) is 18.1 Å². The Morgan fingerprint density at radius 2 is 2.17 bits per heavy atom. The molecule has 2 heterocycles. The van der Waals surface area contributed by atoms with E-state index in [1.807, 2.05) is 20.8 Å². The topological polar surface area (TPSA) is 58.6 Å². The van der Waals surface area contributed by atoms with E-state index in [1.54, 1.807) is 4.90 Å². The molecule has 0 bridgehead atoms.